The van der Waals surface area contributed by atoms with E-state index < -0.39 is 7.12 Å². The number of methoxy groups -OCH3 is 1. The third-order valence-corrected chi connectivity index (χ3v) is 5.33. The Hall–Kier alpha value is -0.501. The summed E-state index contributed by atoms with van der Waals surface area (Å²) in [6.07, 6.45) is 0. The second kappa shape index (κ2) is 14.5. The second-order valence-electron chi connectivity index (χ2n) is 5.92. The van der Waals surface area contributed by atoms with Gasteiger partial charge < -0.3 is 25.4 Å². The summed E-state index contributed by atoms with van der Waals surface area (Å²) < 4.78 is 4.88. The van der Waals surface area contributed by atoms with Gasteiger partial charge in [-0.1, -0.05) is 60.1 Å². The van der Waals surface area contributed by atoms with Gasteiger partial charge in [0.05, 0.1) is 0 Å². The van der Waals surface area contributed by atoms with Crippen molar-refractivity contribution in [3.8, 4) is 0 Å². The van der Waals surface area contributed by atoms with Crippen LogP contribution in [0.1, 0.15) is 0 Å². The largest absolute Gasteiger partial charge is 0.687 e. The van der Waals surface area contributed by atoms with E-state index in [1.54, 1.807) is 13.2 Å². The van der Waals surface area contributed by atoms with E-state index in [1.165, 1.54) is 16.8 Å². The molecule has 0 saturated heterocycles. The average molecular weight is 540 g/mol. The van der Waals surface area contributed by atoms with Crippen molar-refractivity contribution >= 4 is 68.0 Å². The number of halogens is 2. The van der Waals surface area contributed by atoms with Crippen LogP contribution in [0.25, 0.3) is 21.4 Å². The minimum atomic E-state index is -1.63. The van der Waals surface area contributed by atoms with Gasteiger partial charge in [-0.25, -0.2) is 0 Å². The minimum absolute atomic E-state index is 0. The zero-order valence-corrected chi connectivity index (χ0v) is 21.8. The zero-order valence-electron chi connectivity index (χ0n) is 16.6. The molecule has 0 saturated carbocycles. The Bertz CT molecular complexity index is 938. The molecular formula is C20H21BCl2N2O3SY-2. The van der Waals surface area contributed by atoms with Gasteiger partial charge in [-0.2, -0.15) is 0 Å². The molecule has 157 valence electrons. The van der Waals surface area contributed by atoms with E-state index >= 15 is 0 Å². The molecule has 0 heterocycles. The molecule has 3 aromatic rings. The average Bonchev–Trinajstić information content (AvgIpc) is 2.74. The molecule has 0 aromatic heterocycles. The Morgan fingerprint density at radius 2 is 1.77 bits per heavy atom. The van der Waals surface area contributed by atoms with Gasteiger partial charge in [0, 0.05) is 56.3 Å². The first-order chi connectivity index (χ1) is 14.0. The quantitative estimate of drug-likeness (QED) is 0.312. The first-order valence-corrected chi connectivity index (χ1v) is 10.8. The molecule has 5 nitrogen and oxygen atoms in total. The van der Waals surface area contributed by atoms with Gasteiger partial charge in [0.1, 0.15) is 0 Å². The summed E-state index contributed by atoms with van der Waals surface area (Å²) in [5, 5.41) is 29.4. The Morgan fingerprint density at radius 3 is 2.37 bits per heavy atom. The van der Waals surface area contributed by atoms with Crippen molar-refractivity contribution in [2.24, 2.45) is 0 Å². The summed E-state index contributed by atoms with van der Waals surface area (Å²) in [5.74, 6) is 0. The van der Waals surface area contributed by atoms with E-state index in [4.69, 9.17) is 37.1 Å². The van der Waals surface area contributed by atoms with E-state index in [9.17, 15) is 0 Å². The van der Waals surface area contributed by atoms with Crippen molar-refractivity contribution in [2.75, 3.05) is 27.3 Å². The number of ether oxygens (including phenoxy) is 1. The number of nitrogens with zero attached hydrogens (tertiary/aromatic N) is 2. The predicted molar refractivity (Wildman–Crippen MR) is 126 cm³/mol. The molecule has 2 N–H and O–H groups in total. The number of fused-ring (bicyclic) bond motifs is 1. The van der Waals surface area contributed by atoms with Gasteiger partial charge in [-0.15, -0.1) is 25.0 Å². The van der Waals surface area contributed by atoms with Gasteiger partial charge in [-0.3, -0.25) is 0 Å². The fourth-order valence-electron chi connectivity index (χ4n) is 2.52. The Labute approximate surface area is 216 Å². The second-order valence-corrected chi connectivity index (χ2v) is 7.39. The molecule has 3 aromatic carbocycles. The molecule has 0 amide bonds. The van der Waals surface area contributed by atoms with E-state index in [-0.39, 0.29) is 43.2 Å². The zero-order chi connectivity index (χ0) is 21.2. The number of rotatable bonds is 7. The normalized spacial score (nSPS) is 9.93. The molecule has 0 bridgehead atoms. The number of benzene rings is 3. The molecule has 0 fully saturated rings. The first-order valence-electron chi connectivity index (χ1n) is 8.73. The molecule has 10 heteroatoms. The topological polar surface area (TPSA) is 77.9 Å². The molecular weight excluding hydrogens is 519 g/mol. The summed E-state index contributed by atoms with van der Waals surface area (Å²) >= 11 is 5.88. The molecule has 3 rings (SSSR count). The fourth-order valence-corrected chi connectivity index (χ4v) is 3.58. The van der Waals surface area contributed by atoms with Crippen molar-refractivity contribution in [3.05, 3.63) is 70.3 Å². The standard InChI is InChI=1S/C11H10N.C9H11BCl2NO3S.Y/c1-12-11-7-6-9-4-2-3-5-10(9)8-11;1-16-3-2-13-8-4-6(10(14)15)7(11)5-9(8)17-12;/h2-8H,1H3;4-5,14-15H,2-3H2,1H3;/q2*-1;. The van der Waals surface area contributed by atoms with Crippen LogP contribution in [0, 0.1) is 0 Å². The van der Waals surface area contributed by atoms with Gasteiger partial charge in [0.25, 0.3) is 0 Å². The molecule has 0 atom stereocenters. The third-order valence-electron chi connectivity index (χ3n) is 4.01. The van der Waals surface area contributed by atoms with Crippen molar-refractivity contribution in [1.29, 1.82) is 0 Å². The number of hydrogen-bond donors (Lipinski definition) is 2. The molecule has 0 unspecified atom stereocenters. The smallest absolute Gasteiger partial charge is 0.489 e. The summed E-state index contributed by atoms with van der Waals surface area (Å²) in [6.45, 7) is 0.940. The van der Waals surface area contributed by atoms with Crippen LogP contribution in [0.5, 0.6) is 0 Å². The Morgan fingerprint density at radius 1 is 1.07 bits per heavy atom. The molecule has 0 aliphatic heterocycles. The van der Waals surface area contributed by atoms with Gasteiger partial charge in [0.15, 0.2) is 0 Å². The van der Waals surface area contributed by atoms with Crippen LogP contribution >= 0.6 is 33.3 Å². The first kappa shape index (κ1) is 27.5. The van der Waals surface area contributed by atoms with Crippen LogP contribution in [0.4, 0.5) is 11.4 Å². The van der Waals surface area contributed by atoms with Crippen LogP contribution in [-0.2, 0) is 37.4 Å². The van der Waals surface area contributed by atoms with Crippen LogP contribution in [0.15, 0.2) is 59.5 Å². The van der Waals surface area contributed by atoms with E-state index in [0.29, 0.717) is 23.7 Å². The summed E-state index contributed by atoms with van der Waals surface area (Å²) in [5.41, 5.74) is 1.81. The van der Waals surface area contributed by atoms with Gasteiger partial charge in [-0.05, 0) is 44.0 Å². The maximum atomic E-state index is 9.13. The van der Waals surface area contributed by atoms with Crippen molar-refractivity contribution in [3.63, 3.8) is 0 Å². The fraction of sp³-hybridized carbons (Fsp3) is 0.200. The van der Waals surface area contributed by atoms with E-state index in [2.05, 4.69) is 34.9 Å². The molecule has 0 aliphatic carbocycles. The Balaban J connectivity index is 0.000000304. The van der Waals surface area contributed by atoms with Crippen LogP contribution in [0.3, 0.4) is 0 Å². The molecule has 30 heavy (non-hydrogen) atoms. The van der Waals surface area contributed by atoms with E-state index in [1.807, 2.05) is 25.2 Å². The molecule has 0 aliphatic rings. The SMILES string of the molecule is COCC[N-]c1cc(B(O)O)c(Cl)cc1SCl.C[N-]c1ccc2ccccc2c1.[Y]. The molecule has 1 radical (unpaired) electrons. The summed E-state index contributed by atoms with van der Waals surface area (Å²) in [6, 6.07) is 17.6. The maximum absolute atomic E-state index is 9.13. The predicted octanol–water partition coefficient (Wildman–Crippen LogP) is 5.39. The van der Waals surface area contributed by atoms with Crippen LogP contribution < -0.4 is 5.46 Å². The van der Waals surface area contributed by atoms with Gasteiger partial charge >= 0.3 is 7.12 Å². The van der Waals surface area contributed by atoms with Crippen molar-refractivity contribution in [1.82, 2.24) is 0 Å². The van der Waals surface area contributed by atoms with Crippen molar-refractivity contribution < 1.29 is 47.5 Å². The Kier molecular flexibility index (Phi) is 13.3. The van der Waals surface area contributed by atoms with Crippen LogP contribution in [0.2, 0.25) is 5.02 Å². The third kappa shape index (κ3) is 8.21. The monoisotopic (exact) mass is 539 g/mol. The number of hydrogen-bond acceptors (Lipinski definition) is 4. The summed E-state index contributed by atoms with van der Waals surface area (Å²) in [7, 11) is 8.43. The van der Waals surface area contributed by atoms with Gasteiger partial charge in [0.2, 0.25) is 0 Å². The minimum Gasteiger partial charge on any atom is -0.687 e. The molecule has 0 spiro atoms. The van der Waals surface area contributed by atoms with E-state index in [0.717, 1.165) is 16.7 Å². The summed E-state index contributed by atoms with van der Waals surface area (Å²) in [4.78, 5) is 0.664. The van der Waals surface area contributed by atoms with Crippen molar-refractivity contribution in [2.45, 2.75) is 4.90 Å². The maximum Gasteiger partial charge on any atom is 0.489 e. The van der Waals surface area contributed by atoms with Crippen LogP contribution in [-0.4, -0.2) is 44.5 Å².